The molecule has 0 radical (unpaired) electrons. The van der Waals surface area contributed by atoms with Gasteiger partial charge < -0.3 is 29.4 Å². The average Bonchev–Trinajstić information content (AvgIpc) is 1.76. The summed E-state index contributed by atoms with van der Waals surface area (Å²) >= 11 is 0. The SMILES string of the molecule is FC=CC(F)F.O=P(O)(O)O.O=P(O)(O)O. The van der Waals surface area contributed by atoms with Gasteiger partial charge in [0.2, 0.25) is 0 Å². The molecule has 8 nitrogen and oxygen atoms in total. The van der Waals surface area contributed by atoms with Crippen LogP contribution in [0.15, 0.2) is 12.4 Å². The lowest BCUT2D eigenvalue weighted by atomic mass is 10.7. The summed E-state index contributed by atoms with van der Waals surface area (Å²) in [4.78, 5) is 43.1. The third-order valence-corrected chi connectivity index (χ3v) is 0.218. The molecule has 0 aliphatic rings. The minimum Gasteiger partial charge on any atom is -0.303 e. The van der Waals surface area contributed by atoms with Gasteiger partial charge in [-0.2, -0.15) is 0 Å². The van der Waals surface area contributed by atoms with Gasteiger partial charge in [0.1, 0.15) is 0 Å². The van der Waals surface area contributed by atoms with Gasteiger partial charge in [0.15, 0.2) is 0 Å². The van der Waals surface area contributed by atoms with Gasteiger partial charge >= 0.3 is 15.6 Å². The molecule has 0 saturated heterocycles. The van der Waals surface area contributed by atoms with Gasteiger partial charge in [-0.15, -0.1) is 0 Å². The van der Waals surface area contributed by atoms with Gasteiger partial charge in [-0.25, -0.2) is 22.3 Å². The summed E-state index contributed by atoms with van der Waals surface area (Å²) in [5, 5.41) is 0. The number of rotatable bonds is 1. The molecule has 0 spiro atoms. The van der Waals surface area contributed by atoms with Crippen molar-refractivity contribution in [2.24, 2.45) is 0 Å². The van der Waals surface area contributed by atoms with Gasteiger partial charge in [-0.1, -0.05) is 0 Å². The van der Waals surface area contributed by atoms with Crippen LogP contribution in [0.5, 0.6) is 0 Å². The third-order valence-electron chi connectivity index (χ3n) is 0.218. The van der Waals surface area contributed by atoms with Crippen molar-refractivity contribution in [3.8, 4) is 0 Å². The van der Waals surface area contributed by atoms with Gasteiger partial charge in [-0.3, -0.25) is 0 Å². The Morgan fingerprint density at radius 3 is 1.06 bits per heavy atom. The predicted molar refractivity (Wildman–Crippen MR) is 44.8 cm³/mol. The standard InChI is InChI=1S/C3H3F3.2H3O4P/c4-2-1-3(5)6;2*1-5(2,3)4/h1-3H;2*(H3,1,2,3,4). The summed E-state index contributed by atoms with van der Waals surface area (Å²) in [6.45, 7) is 0. The lowest BCUT2D eigenvalue weighted by molar-refractivity contribution is 0.202. The maximum atomic E-state index is 10.7. The van der Waals surface area contributed by atoms with Crippen molar-refractivity contribution in [1.29, 1.82) is 0 Å². The summed E-state index contributed by atoms with van der Waals surface area (Å²) in [7, 11) is -9.28. The highest BCUT2D eigenvalue weighted by Crippen LogP contribution is 2.26. The van der Waals surface area contributed by atoms with E-state index in [4.69, 9.17) is 38.5 Å². The van der Waals surface area contributed by atoms with Crippen LogP contribution in [0.3, 0.4) is 0 Å². The van der Waals surface area contributed by atoms with E-state index in [0.29, 0.717) is 0 Å². The summed E-state index contributed by atoms with van der Waals surface area (Å²) < 4.78 is 49.8. The molecule has 0 fully saturated rings. The summed E-state index contributed by atoms with van der Waals surface area (Å²) in [6.07, 6.45) is -2.67. The molecule has 0 aromatic heterocycles. The first-order valence-corrected chi connectivity index (χ1v) is 6.02. The third kappa shape index (κ3) is 296. The molecule has 6 N–H and O–H groups in total. The number of hydrogen-bond acceptors (Lipinski definition) is 2. The molecule has 0 unspecified atom stereocenters. The Labute approximate surface area is 87.2 Å². The molecule has 16 heavy (non-hydrogen) atoms. The quantitative estimate of drug-likeness (QED) is 0.365. The van der Waals surface area contributed by atoms with E-state index in [1.54, 1.807) is 0 Å². The Balaban J connectivity index is -0.000000160. The predicted octanol–water partition coefficient (Wildman–Crippen LogP) is -0.122. The first kappa shape index (κ1) is 21.1. The normalized spacial score (nSPS) is 11.6. The molecular weight excluding hydrogens is 283 g/mol. The van der Waals surface area contributed by atoms with Crippen molar-refractivity contribution in [2.75, 3.05) is 0 Å². The summed E-state index contributed by atoms with van der Waals surface area (Å²) in [5.74, 6) is 0. The van der Waals surface area contributed by atoms with E-state index in [2.05, 4.69) is 0 Å². The first-order chi connectivity index (χ1) is 6.77. The fraction of sp³-hybridized carbons (Fsp3) is 0.333. The number of phosphoric acid groups is 2. The van der Waals surface area contributed by atoms with Crippen molar-refractivity contribution in [3.63, 3.8) is 0 Å². The van der Waals surface area contributed by atoms with Crippen molar-refractivity contribution in [1.82, 2.24) is 0 Å². The van der Waals surface area contributed by atoms with Crippen molar-refractivity contribution in [3.05, 3.63) is 12.4 Å². The van der Waals surface area contributed by atoms with Gasteiger partial charge in [0.05, 0.1) is 6.33 Å². The molecule has 0 heterocycles. The van der Waals surface area contributed by atoms with E-state index < -0.39 is 22.1 Å². The number of hydrogen-bond donors (Lipinski definition) is 6. The summed E-state index contributed by atoms with van der Waals surface area (Å²) in [6, 6.07) is 0. The van der Waals surface area contributed by atoms with E-state index >= 15 is 0 Å². The van der Waals surface area contributed by atoms with Crippen LogP contribution in [0.1, 0.15) is 0 Å². The smallest absolute Gasteiger partial charge is 0.303 e. The van der Waals surface area contributed by atoms with E-state index in [1.165, 1.54) is 0 Å². The molecular formula is C3H9F3O8P2. The van der Waals surface area contributed by atoms with Crippen LogP contribution < -0.4 is 0 Å². The minimum absolute atomic E-state index is 0.167. The van der Waals surface area contributed by atoms with Crippen LogP contribution in [0.2, 0.25) is 0 Å². The Morgan fingerprint density at radius 2 is 1.06 bits per heavy atom. The van der Waals surface area contributed by atoms with Gasteiger partial charge in [0, 0.05) is 6.08 Å². The van der Waals surface area contributed by atoms with Crippen LogP contribution in [-0.2, 0) is 9.13 Å². The molecule has 0 atom stereocenters. The second-order valence-electron chi connectivity index (χ2n) is 1.68. The molecule has 0 saturated carbocycles. The first-order valence-electron chi connectivity index (χ1n) is 2.89. The number of alkyl halides is 2. The van der Waals surface area contributed by atoms with E-state index in [9.17, 15) is 13.2 Å². The molecule has 0 aromatic rings. The van der Waals surface area contributed by atoms with E-state index in [-0.39, 0.29) is 12.4 Å². The van der Waals surface area contributed by atoms with E-state index in [0.717, 1.165) is 0 Å². The zero-order valence-electron chi connectivity index (χ0n) is 7.26. The maximum absolute atomic E-state index is 10.7. The highest BCUT2D eigenvalue weighted by Gasteiger charge is 2.00. The van der Waals surface area contributed by atoms with Gasteiger partial charge in [0.25, 0.3) is 6.43 Å². The molecule has 0 aliphatic carbocycles. The van der Waals surface area contributed by atoms with Crippen molar-refractivity contribution in [2.45, 2.75) is 6.43 Å². The lowest BCUT2D eigenvalue weighted by Crippen LogP contribution is -1.76. The second-order valence-corrected chi connectivity index (χ2v) is 3.73. The fourth-order valence-electron chi connectivity index (χ4n) is 0.0550. The van der Waals surface area contributed by atoms with Crippen LogP contribution in [0.4, 0.5) is 13.2 Å². The van der Waals surface area contributed by atoms with Crippen molar-refractivity contribution < 1.29 is 51.7 Å². The maximum Gasteiger partial charge on any atom is 0.466 e. The molecule has 13 heteroatoms. The molecule has 0 aliphatic heterocycles. The Bertz CT molecular complexity index is 231. The van der Waals surface area contributed by atoms with Crippen LogP contribution in [0.25, 0.3) is 0 Å². The Morgan fingerprint density at radius 1 is 0.875 bits per heavy atom. The Hall–Kier alpha value is -0.250. The topological polar surface area (TPSA) is 156 Å². The minimum atomic E-state index is -4.64. The molecule has 0 aromatic carbocycles. The average molecular weight is 292 g/mol. The molecule has 100 valence electrons. The zero-order valence-corrected chi connectivity index (χ0v) is 9.05. The van der Waals surface area contributed by atoms with Crippen molar-refractivity contribution >= 4 is 15.6 Å². The lowest BCUT2D eigenvalue weighted by Gasteiger charge is -1.82. The van der Waals surface area contributed by atoms with Gasteiger partial charge in [-0.05, 0) is 0 Å². The van der Waals surface area contributed by atoms with Crippen LogP contribution in [-0.4, -0.2) is 35.8 Å². The number of allylic oxidation sites excluding steroid dienone is 1. The van der Waals surface area contributed by atoms with Crippen LogP contribution >= 0.6 is 15.6 Å². The highest BCUT2D eigenvalue weighted by molar-refractivity contribution is 7.45. The monoisotopic (exact) mass is 292 g/mol. The zero-order chi connectivity index (χ0) is 14.0. The van der Waals surface area contributed by atoms with E-state index in [1.807, 2.05) is 0 Å². The molecule has 0 rings (SSSR count). The molecule has 0 bridgehead atoms. The summed E-state index contributed by atoms with van der Waals surface area (Å²) in [5.41, 5.74) is 0. The Kier molecular flexibility index (Phi) is 13.1. The molecule has 0 amide bonds. The second kappa shape index (κ2) is 9.94. The fourth-order valence-corrected chi connectivity index (χ4v) is 0.0550. The van der Waals surface area contributed by atoms with Crippen LogP contribution in [0, 0.1) is 0 Å². The highest BCUT2D eigenvalue weighted by atomic mass is 31.2. The largest absolute Gasteiger partial charge is 0.466 e. The number of halogens is 3.